The zero-order valence-corrected chi connectivity index (χ0v) is 12.9. The number of carbonyl (C=O) groups excluding carboxylic acids is 1. The smallest absolute Gasteiger partial charge is 0.274 e. The number of rotatable bonds is 11. The molecule has 0 unspecified atom stereocenters. The summed E-state index contributed by atoms with van der Waals surface area (Å²) in [5, 5.41) is 8.59. The highest BCUT2D eigenvalue weighted by Crippen LogP contribution is 2.14. The van der Waals surface area contributed by atoms with Crippen LogP contribution in [0.4, 0.5) is 0 Å². The van der Waals surface area contributed by atoms with Gasteiger partial charge in [-0.2, -0.15) is 0 Å². The van der Waals surface area contributed by atoms with Crippen LogP contribution in [-0.2, 0) is 0 Å². The maximum atomic E-state index is 11.3. The molecule has 4 heteroatoms. The average Bonchev–Trinajstić information content (AvgIpc) is 2.53. The molecule has 0 aliphatic rings. The van der Waals surface area contributed by atoms with E-state index in [0.29, 0.717) is 17.9 Å². The van der Waals surface area contributed by atoms with Crippen molar-refractivity contribution in [2.24, 2.45) is 0 Å². The van der Waals surface area contributed by atoms with Crippen molar-refractivity contribution >= 4 is 5.91 Å². The maximum absolute atomic E-state index is 11.3. The van der Waals surface area contributed by atoms with Gasteiger partial charge in [-0.05, 0) is 24.6 Å². The maximum Gasteiger partial charge on any atom is 0.274 e. The van der Waals surface area contributed by atoms with Gasteiger partial charge in [0.15, 0.2) is 0 Å². The average molecular weight is 293 g/mol. The number of unbranched alkanes of at least 4 members (excludes halogenated alkanes) is 7. The van der Waals surface area contributed by atoms with Gasteiger partial charge in [-0.15, -0.1) is 0 Å². The monoisotopic (exact) mass is 293 g/mol. The summed E-state index contributed by atoms with van der Waals surface area (Å²) in [6, 6.07) is 6.83. The third-order valence-corrected chi connectivity index (χ3v) is 3.46. The van der Waals surface area contributed by atoms with E-state index < -0.39 is 5.91 Å². The predicted octanol–water partition coefficient (Wildman–Crippen LogP) is 4.33. The highest BCUT2D eigenvalue weighted by Gasteiger charge is 2.04. The Labute approximate surface area is 127 Å². The minimum absolute atomic E-state index is 0.394. The van der Waals surface area contributed by atoms with E-state index in [1.165, 1.54) is 44.9 Å². The van der Waals surface area contributed by atoms with E-state index in [2.05, 4.69) is 6.92 Å². The summed E-state index contributed by atoms with van der Waals surface area (Å²) in [5.41, 5.74) is 2.01. The van der Waals surface area contributed by atoms with Gasteiger partial charge in [-0.25, -0.2) is 5.48 Å². The van der Waals surface area contributed by atoms with Crippen LogP contribution in [-0.4, -0.2) is 17.7 Å². The van der Waals surface area contributed by atoms with E-state index >= 15 is 0 Å². The van der Waals surface area contributed by atoms with Gasteiger partial charge >= 0.3 is 0 Å². The van der Waals surface area contributed by atoms with Crippen LogP contribution >= 0.6 is 0 Å². The summed E-state index contributed by atoms with van der Waals surface area (Å²) in [6.07, 6.45) is 10.1. The molecular formula is C17H27NO3. The van der Waals surface area contributed by atoms with E-state index in [1.54, 1.807) is 23.7 Å². The Morgan fingerprint density at radius 2 is 1.76 bits per heavy atom. The van der Waals surface area contributed by atoms with Crippen LogP contribution in [0.15, 0.2) is 24.3 Å². The molecule has 2 N–H and O–H groups in total. The van der Waals surface area contributed by atoms with Gasteiger partial charge in [0.05, 0.1) is 6.61 Å². The standard InChI is InChI=1S/C17H27NO3/c1-2-3-4-5-6-7-8-9-13-21-16-12-10-11-15(14-16)17(19)18-20/h10-12,14,20H,2-9,13H2,1H3,(H,18,19). The van der Waals surface area contributed by atoms with Crippen LogP contribution < -0.4 is 10.2 Å². The van der Waals surface area contributed by atoms with Crippen LogP contribution in [0.2, 0.25) is 0 Å². The van der Waals surface area contributed by atoms with Crippen molar-refractivity contribution in [3.63, 3.8) is 0 Å². The Balaban J connectivity index is 2.11. The van der Waals surface area contributed by atoms with Crippen molar-refractivity contribution in [2.45, 2.75) is 58.3 Å². The van der Waals surface area contributed by atoms with E-state index in [4.69, 9.17) is 9.94 Å². The molecule has 21 heavy (non-hydrogen) atoms. The Morgan fingerprint density at radius 3 is 2.43 bits per heavy atom. The van der Waals surface area contributed by atoms with E-state index in [1.807, 2.05) is 6.07 Å². The summed E-state index contributed by atoms with van der Waals surface area (Å²) in [5.74, 6) is 0.145. The van der Waals surface area contributed by atoms with Gasteiger partial charge in [0.25, 0.3) is 5.91 Å². The van der Waals surface area contributed by atoms with E-state index in [-0.39, 0.29) is 0 Å². The van der Waals surface area contributed by atoms with Gasteiger partial charge in [0.2, 0.25) is 0 Å². The highest BCUT2D eigenvalue weighted by molar-refractivity contribution is 5.93. The molecule has 0 aliphatic carbocycles. The fraction of sp³-hybridized carbons (Fsp3) is 0.588. The Hall–Kier alpha value is -1.55. The van der Waals surface area contributed by atoms with Crippen LogP contribution in [0.25, 0.3) is 0 Å². The van der Waals surface area contributed by atoms with Gasteiger partial charge in [-0.1, -0.05) is 57.9 Å². The number of carbonyl (C=O) groups is 1. The summed E-state index contributed by atoms with van der Waals surface area (Å²) in [7, 11) is 0. The fourth-order valence-corrected chi connectivity index (χ4v) is 2.22. The summed E-state index contributed by atoms with van der Waals surface area (Å²) in [4.78, 5) is 11.3. The van der Waals surface area contributed by atoms with Crippen molar-refractivity contribution in [1.29, 1.82) is 0 Å². The molecular weight excluding hydrogens is 266 g/mol. The summed E-state index contributed by atoms with van der Waals surface area (Å²) < 4.78 is 5.62. The molecule has 0 saturated carbocycles. The Morgan fingerprint density at radius 1 is 1.10 bits per heavy atom. The molecule has 1 aromatic rings. The van der Waals surface area contributed by atoms with Crippen molar-refractivity contribution in [2.75, 3.05) is 6.61 Å². The normalized spacial score (nSPS) is 10.4. The molecule has 0 heterocycles. The van der Waals surface area contributed by atoms with Gasteiger partial charge in [0, 0.05) is 5.56 Å². The Bertz CT molecular complexity index is 407. The van der Waals surface area contributed by atoms with Gasteiger partial charge in [0.1, 0.15) is 5.75 Å². The SMILES string of the molecule is CCCCCCCCCCOc1cccc(C(=O)NO)c1. The zero-order valence-electron chi connectivity index (χ0n) is 12.9. The summed E-state index contributed by atoms with van der Waals surface area (Å²) >= 11 is 0. The predicted molar refractivity (Wildman–Crippen MR) is 83.8 cm³/mol. The number of amides is 1. The number of hydroxylamine groups is 1. The third-order valence-electron chi connectivity index (χ3n) is 3.46. The second-order valence-electron chi connectivity index (χ2n) is 5.29. The third kappa shape index (κ3) is 7.71. The quantitative estimate of drug-likeness (QED) is 0.363. The minimum Gasteiger partial charge on any atom is -0.494 e. The molecule has 1 rings (SSSR count). The number of hydrogen-bond donors (Lipinski definition) is 2. The first-order valence-corrected chi connectivity index (χ1v) is 7.95. The van der Waals surface area contributed by atoms with Crippen LogP contribution in [0.1, 0.15) is 68.6 Å². The lowest BCUT2D eigenvalue weighted by atomic mass is 10.1. The molecule has 0 fully saturated rings. The van der Waals surface area contributed by atoms with Crippen molar-refractivity contribution in [1.82, 2.24) is 5.48 Å². The number of benzene rings is 1. The first-order valence-electron chi connectivity index (χ1n) is 7.95. The molecule has 0 aromatic heterocycles. The largest absolute Gasteiger partial charge is 0.494 e. The molecule has 4 nitrogen and oxygen atoms in total. The van der Waals surface area contributed by atoms with Gasteiger partial charge < -0.3 is 4.74 Å². The Kier molecular flexibility index (Phi) is 9.29. The molecule has 1 amide bonds. The molecule has 0 aliphatic heterocycles. The van der Waals surface area contributed by atoms with Crippen molar-refractivity contribution < 1.29 is 14.7 Å². The van der Waals surface area contributed by atoms with Crippen LogP contribution in [0.3, 0.4) is 0 Å². The lowest BCUT2D eigenvalue weighted by molar-refractivity contribution is 0.0706. The van der Waals surface area contributed by atoms with Gasteiger partial charge in [-0.3, -0.25) is 10.0 Å². The lowest BCUT2D eigenvalue weighted by Gasteiger charge is -2.07. The molecule has 0 radical (unpaired) electrons. The number of ether oxygens (including phenoxy) is 1. The zero-order chi connectivity index (χ0) is 15.3. The highest BCUT2D eigenvalue weighted by atomic mass is 16.5. The topological polar surface area (TPSA) is 58.6 Å². The van der Waals surface area contributed by atoms with Crippen molar-refractivity contribution in [3.8, 4) is 5.75 Å². The van der Waals surface area contributed by atoms with E-state index in [0.717, 1.165) is 6.42 Å². The van der Waals surface area contributed by atoms with Crippen LogP contribution in [0, 0.1) is 0 Å². The lowest BCUT2D eigenvalue weighted by Crippen LogP contribution is -2.18. The van der Waals surface area contributed by atoms with Crippen molar-refractivity contribution in [3.05, 3.63) is 29.8 Å². The molecule has 0 bridgehead atoms. The molecule has 0 atom stereocenters. The number of hydrogen-bond acceptors (Lipinski definition) is 3. The fourth-order valence-electron chi connectivity index (χ4n) is 2.22. The number of nitrogens with one attached hydrogen (secondary N) is 1. The minimum atomic E-state index is -0.521. The molecule has 118 valence electrons. The summed E-state index contributed by atoms with van der Waals surface area (Å²) in [6.45, 7) is 2.90. The first kappa shape index (κ1) is 17.5. The first-order chi connectivity index (χ1) is 10.3. The molecule has 0 saturated heterocycles. The second kappa shape index (κ2) is 11.1. The molecule has 0 spiro atoms. The second-order valence-corrected chi connectivity index (χ2v) is 5.29. The van der Waals surface area contributed by atoms with Crippen LogP contribution in [0.5, 0.6) is 5.75 Å². The van der Waals surface area contributed by atoms with E-state index in [9.17, 15) is 4.79 Å². The molecule has 1 aromatic carbocycles.